The zero-order chi connectivity index (χ0) is 14.7. The molecule has 2 N–H and O–H groups in total. The number of aryl methyl sites for hydroxylation is 1. The van der Waals surface area contributed by atoms with Crippen LogP contribution in [0.15, 0.2) is 35.3 Å². The maximum absolute atomic E-state index is 8.90. The van der Waals surface area contributed by atoms with Gasteiger partial charge in [-0.1, -0.05) is 12.1 Å². The maximum atomic E-state index is 8.90. The molecule has 4 nitrogen and oxygen atoms in total. The molecule has 1 aromatic heterocycles. The van der Waals surface area contributed by atoms with Gasteiger partial charge in [0.05, 0.1) is 12.1 Å². The number of nitrogens with zero attached hydrogens (tertiary/aromatic N) is 2. The molecule has 0 amide bonds. The van der Waals surface area contributed by atoms with Crippen LogP contribution in [0.25, 0.3) is 16.5 Å². The zero-order valence-corrected chi connectivity index (χ0v) is 12.1. The Bertz CT molecular complexity index is 719. The molecule has 0 bridgehead atoms. The molecular formula is C17H19N3O. The number of benzene rings is 1. The largest absolute Gasteiger partial charge is 0.396 e. The van der Waals surface area contributed by atoms with Gasteiger partial charge in [0.1, 0.15) is 0 Å². The predicted molar refractivity (Wildman–Crippen MR) is 88.0 cm³/mol. The van der Waals surface area contributed by atoms with Gasteiger partial charge in [-0.25, -0.2) is 0 Å². The van der Waals surface area contributed by atoms with Crippen molar-refractivity contribution in [2.24, 2.45) is 4.99 Å². The molecule has 0 saturated carbocycles. The van der Waals surface area contributed by atoms with Gasteiger partial charge in [0, 0.05) is 36.1 Å². The molecule has 0 fully saturated rings. The minimum absolute atomic E-state index is 0.202. The Hall–Kier alpha value is -2.20. The summed E-state index contributed by atoms with van der Waals surface area (Å²) in [6.07, 6.45) is 4.65. The molecule has 0 aliphatic carbocycles. The van der Waals surface area contributed by atoms with Gasteiger partial charge in [0.15, 0.2) is 0 Å². The van der Waals surface area contributed by atoms with Crippen LogP contribution in [-0.4, -0.2) is 36.0 Å². The van der Waals surface area contributed by atoms with Crippen LogP contribution in [0.2, 0.25) is 0 Å². The molecule has 1 aromatic carbocycles. The molecule has 0 saturated heterocycles. The summed E-state index contributed by atoms with van der Waals surface area (Å²) in [5.74, 6) is 0. The molecule has 2 aromatic rings. The van der Waals surface area contributed by atoms with Crippen molar-refractivity contribution in [3.05, 3.63) is 41.6 Å². The monoisotopic (exact) mass is 281 g/mol. The smallest absolute Gasteiger partial charge is 0.0732 e. The van der Waals surface area contributed by atoms with Crippen molar-refractivity contribution >= 4 is 28.4 Å². The lowest BCUT2D eigenvalue weighted by molar-refractivity contribution is 0.292. The Morgan fingerprint density at radius 2 is 2.19 bits per heavy atom. The van der Waals surface area contributed by atoms with E-state index in [4.69, 9.17) is 5.11 Å². The molecule has 0 unspecified atom stereocenters. The standard InChI is InChI=1S/C17H19N3O/c1-12-9-16(19-6-2-8-21)15-4-3-13(10-17(15)20-12)14-5-7-18-11-14/h3-5,7,9-10,21H,2,6,8,11H2,1H3,(H,19,20). The zero-order valence-electron chi connectivity index (χ0n) is 12.1. The number of hydrogen-bond donors (Lipinski definition) is 2. The summed E-state index contributed by atoms with van der Waals surface area (Å²) >= 11 is 0. The number of allylic oxidation sites excluding steroid dienone is 1. The highest BCUT2D eigenvalue weighted by atomic mass is 16.3. The van der Waals surface area contributed by atoms with Gasteiger partial charge < -0.3 is 10.4 Å². The van der Waals surface area contributed by atoms with Gasteiger partial charge in [0.2, 0.25) is 0 Å². The van der Waals surface area contributed by atoms with Gasteiger partial charge in [0.25, 0.3) is 0 Å². The average Bonchev–Trinajstić information content (AvgIpc) is 3.01. The summed E-state index contributed by atoms with van der Waals surface area (Å²) in [7, 11) is 0. The van der Waals surface area contributed by atoms with Crippen molar-refractivity contribution in [2.75, 3.05) is 25.0 Å². The van der Waals surface area contributed by atoms with Gasteiger partial charge >= 0.3 is 0 Å². The quantitative estimate of drug-likeness (QED) is 0.829. The van der Waals surface area contributed by atoms with Crippen molar-refractivity contribution < 1.29 is 5.11 Å². The molecule has 2 heterocycles. The Morgan fingerprint density at radius 3 is 2.95 bits per heavy atom. The second-order valence-corrected chi connectivity index (χ2v) is 5.23. The number of aromatic nitrogens is 1. The van der Waals surface area contributed by atoms with E-state index >= 15 is 0 Å². The third-order valence-corrected chi connectivity index (χ3v) is 3.60. The number of rotatable bonds is 5. The number of hydrogen-bond acceptors (Lipinski definition) is 4. The van der Waals surface area contributed by atoms with Crippen LogP contribution in [0, 0.1) is 6.92 Å². The number of aliphatic hydroxyl groups excluding tert-OH is 1. The first-order valence-electron chi connectivity index (χ1n) is 7.23. The third kappa shape index (κ3) is 2.95. The van der Waals surface area contributed by atoms with Crippen LogP contribution in [0.4, 0.5) is 5.69 Å². The number of anilines is 1. The maximum Gasteiger partial charge on any atom is 0.0732 e. The fraction of sp³-hybridized carbons (Fsp3) is 0.294. The van der Waals surface area contributed by atoms with Crippen LogP contribution in [0.3, 0.4) is 0 Å². The van der Waals surface area contributed by atoms with Crippen LogP contribution >= 0.6 is 0 Å². The van der Waals surface area contributed by atoms with Crippen molar-refractivity contribution in [3.8, 4) is 0 Å². The van der Waals surface area contributed by atoms with E-state index in [1.54, 1.807) is 0 Å². The van der Waals surface area contributed by atoms with Crippen LogP contribution in [0.5, 0.6) is 0 Å². The third-order valence-electron chi connectivity index (χ3n) is 3.60. The van der Waals surface area contributed by atoms with Crippen molar-refractivity contribution in [2.45, 2.75) is 13.3 Å². The van der Waals surface area contributed by atoms with Gasteiger partial charge in [-0.15, -0.1) is 0 Å². The van der Waals surface area contributed by atoms with Gasteiger partial charge in [-0.05, 0) is 42.7 Å². The van der Waals surface area contributed by atoms with Crippen molar-refractivity contribution in [3.63, 3.8) is 0 Å². The van der Waals surface area contributed by atoms with E-state index in [-0.39, 0.29) is 6.61 Å². The van der Waals surface area contributed by atoms with Crippen molar-refractivity contribution in [1.82, 2.24) is 4.98 Å². The second kappa shape index (κ2) is 6.06. The molecular weight excluding hydrogens is 262 g/mol. The van der Waals surface area contributed by atoms with E-state index in [9.17, 15) is 0 Å². The van der Waals surface area contributed by atoms with E-state index in [0.29, 0.717) is 0 Å². The normalized spacial score (nSPS) is 13.7. The Kier molecular flexibility index (Phi) is 3.97. The summed E-state index contributed by atoms with van der Waals surface area (Å²) in [6.45, 7) is 3.71. The fourth-order valence-electron chi connectivity index (χ4n) is 2.54. The lowest BCUT2D eigenvalue weighted by Crippen LogP contribution is -2.04. The van der Waals surface area contributed by atoms with Crippen LogP contribution in [-0.2, 0) is 0 Å². The highest BCUT2D eigenvalue weighted by Gasteiger charge is 2.08. The molecule has 1 aliphatic heterocycles. The van der Waals surface area contributed by atoms with E-state index in [1.807, 2.05) is 13.1 Å². The summed E-state index contributed by atoms with van der Waals surface area (Å²) in [6, 6.07) is 8.41. The van der Waals surface area contributed by atoms with Crippen LogP contribution < -0.4 is 5.32 Å². The lowest BCUT2D eigenvalue weighted by Gasteiger charge is -2.11. The molecule has 3 rings (SSSR count). The first kappa shape index (κ1) is 13.8. The highest BCUT2D eigenvalue weighted by molar-refractivity contribution is 5.96. The van der Waals surface area contributed by atoms with E-state index in [2.05, 4.69) is 45.6 Å². The number of aliphatic hydroxyl groups is 1. The number of pyridine rings is 1. The predicted octanol–water partition coefficient (Wildman–Crippen LogP) is 2.81. The Labute approximate surface area is 124 Å². The first-order valence-corrected chi connectivity index (χ1v) is 7.23. The number of fused-ring (bicyclic) bond motifs is 1. The number of nitrogens with one attached hydrogen (secondary N) is 1. The van der Waals surface area contributed by atoms with E-state index in [0.717, 1.165) is 41.8 Å². The van der Waals surface area contributed by atoms with E-state index < -0.39 is 0 Å². The minimum atomic E-state index is 0.202. The number of aliphatic imine (C=N–C) groups is 1. The second-order valence-electron chi connectivity index (χ2n) is 5.23. The molecule has 108 valence electrons. The molecule has 21 heavy (non-hydrogen) atoms. The Balaban J connectivity index is 1.97. The molecule has 0 spiro atoms. The minimum Gasteiger partial charge on any atom is -0.396 e. The van der Waals surface area contributed by atoms with Gasteiger partial charge in [-0.2, -0.15) is 0 Å². The Morgan fingerprint density at radius 1 is 1.29 bits per heavy atom. The topological polar surface area (TPSA) is 57.5 Å². The molecule has 4 heteroatoms. The molecule has 0 radical (unpaired) electrons. The van der Waals surface area contributed by atoms with Crippen LogP contribution in [0.1, 0.15) is 17.7 Å². The molecule has 1 aliphatic rings. The molecule has 0 atom stereocenters. The first-order chi connectivity index (χ1) is 10.3. The van der Waals surface area contributed by atoms with Crippen molar-refractivity contribution in [1.29, 1.82) is 0 Å². The summed E-state index contributed by atoms with van der Waals surface area (Å²) in [4.78, 5) is 8.87. The summed E-state index contributed by atoms with van der Waals surface area (Å²) in [5.41, 5.74) is 5.47. The average molecular weight is 281 g/mol. The SMILES string of the molecule is Cc1cc(NCCCO)c2ccc(C3=CC=NC3)cc2n1. The fourth-order valence-corrected chi connectivity index (χ4v) is 2.54. The lowest BCUT2D eigenvalue weighted by atomic mass is 10.0. The summed E-state index contributed by atoms with van der Waals surface area (Å²) < 4.78 is 0. The highest BCUT2D eigenvalue weighted by Crippen LogP contribution is 2.27. The summed E-state index contributed by atoms with van der Waals surface area (Å²) in [5, 5.41) is 13.4. The van der Waals surface area contributed by atoms with Gasteiger partial charge in [-0.3, -0.25) is 9.98 Å². The van der Waals surface area contributed by atoms with E-state index in [1.165, 1.54) is 11.1 Å².